The van der Waals surface area contributed by atoms with Crippen molar-refractivity contribution < 1.29 is 38.0 Å². The number of carbonyl (C=O) groups is 1. The van der Waals surface area contributed by atoms with Gasteiger partial charge in [0.1, 0.15) is 22.3 Å². The highest BCUT2D eigenvalue weighted by atomic mass is 16.6. The zero-order chi connectivity index (χ0) is 30.4. The van der Waals surface area contributed by atoms with Crippen LogP contribution in [0.5, 0.6) is 28.7 Å². The van der Waals surface area contributed by atoms with Gasteiger partial charge in [0.05, 0.1) is 27.9 Å². The molecule has 1 amide bonds. The molecule has 4 rings (SSSR count). The third kappa shape index (κ3) is 7.20. The summed E-state index contributed by atoms with van der Waals surface area (Å²) in [7, 11) is 4.48. The van der Waals surface area contributed by atoms with Gasteiger partial charge in [0, 0.05) is 43.9 Å². The van der Waals surface area contributed by atoms with Crippen LogP contribution in [0.1, 0.15) is 33.6 Å². The molecule has 2 aromatic carbocycles. The van der Waals surface area contributed by atoms with E-state index in [1.54, 1.807) is 36.3 Å². The zero-order valence-corrected chi connectivity index (χ0v) is 25.2. The number of methoxy groups -OCH3 is 3. The van der Waals surface area contributed by atoms with E-state index in [1.807, 2.05) is 20.8 Å². The highest BCUT2D eigenvalue weighted by molar-refractivity contribution is 5.89. The van der Waals surface area contributed by atoms with Crippen LogP contribution >= 0.6 is 0 Å². The molecule has 0 bridgehead atoms. The molecule has 42 heavy (non-hydrogen) atoms. The van der Waals surface area contributed by atoms with Crippen LogP contribution in [0.3, 0.4) is 0 Å². The number of ether oxygens (including phenoxy) is 5. The van der Waals surface area contributed by atoms with Gasteiger partial charge in [-0.2, -0.15) is 0 Å². The van der Waals surface area contributed by atoms with Crippen molar-refractivity contribution >= 4 is 17.1 Å². The van der Waals surface area contributed by atoms with Gasteiger partial charge >= 0.3 is 6.09 Å². The minimum atomic E-state index is -0.503. The molecule has 1 aliphatic heterocycles. The molecule has 1 saturated heterocycles. The molecule has 2 heterocycles. The first-order valence-corrected chi connectivity index (χ1v) is 14.0. The van der Waals surface area contributed by atoms with E-state index in [2.05, 4.69) is 4.90 Å². The van der Waals surface area contributed by atoms with Crippen LogP contribution in [-0.2, 0) is 4.74 Å². The first-order valence-electron chi connectivity index (χ1n) is 14.0. The Kier molecular flexibility index (Phi) is 9.72. The van der Waals surface area contributed by atoms with Gasteiger partial charge in [0.15, 0.2) is 28.4 Å². The number of phenolic OH excluding ortho intramolecular Hbond substituents is 1. The molecule has 3 aromatic rings. The summed E-state index contributed by atoms with van der Waals surface area (Å²) in [5.74, 6) is 1.36. The number of fused-ring (bicyclic) bond motifs is 1. The van der Waals surface area contributed by atoms with Crippen molar-refractivity contribution in [3.63, 3.8) is 0 Å². The lowest BCUT2D eigenvalue weighted by molar-refractivity contribution is 0.0144. The summed E-state index contributed by atoms with van der Waals surface area (Å²) < 4.78 is 33.5. The molecule has 0 radical (unpaired) electrons. The summed E-state index contributed by atoms with van der Waals surface area (Å²) >= 11 is 0. The number of rotatable bonds is 10. The van der Waals surface area contributed by atoms with E-state index in [4.69, 9.17) is 28.1 Å². The molecule has 1 fully saturated rings. The van der Waals surface area contributed by atoms with E-state index in [-0.39, 0.29) is 34.3 Å². The van der Waals surface area contributed by atoms with Gasteiger partial charge in [0.25, 0.3) is 0 Å². The molecule has 1 aromatic heterocycles. The third-order valence-electron chi connectivity index (χ3n) is 6.94. The number of benzene rings is 2. The van der Waals surface area contributed by atoms with Crippen LogP contribution in [-0.4, -0.2) is 87.3 Å². The van der Waals surface area contributed by atoms with E-state index in [0.29, 0.717) is 42.5 Å². The minimum Gasteiger partial charge on any atom is -0.504 e. The fraction of sp³-hybridized carbons (Fsp3) is 0.484. The SMILES string of the molecule is COc1ccc(-c2cc(=O)c3c(O)c(OC)c(OCCCCN4CCN(C(=O)OC(C)(C)C)CC4)cc3o2)cc1OC. The van der Waals surface area contributed by atoms with Gasteiger partial charge in [-0.25, -0.2) is 4.79 Å². The highest BCUT2D eigenvalue weighted by Crippen LogP contribution is 2.42. The van der Waals surface area contributed by atoms with Gasteiger partial charge in [-0.3, -0.25) is 9.69 Å². The van der Waals surface area contributed by atoms with E-state index in [1.165, 1.54) is 20.3 Å². The van der Waals surface area contributed by atoms with E-state index in [0.717, 1.165) is 32.5 Å². The summed E-state index contributed by atoms with van der Waals surface area (Å²) in [4.78, 5) is 29.4. The lowest BCUT2D eigenvalue weighted by atomic mass is 10.1. The Balaban J connectivity index is 1.39. The van der Waals surface area contributed by atoms with E-state index >= 15 is 0 Å². The Hall–Kier alpha value is -4.12. The van der Waals surface area contributed by atoms with E-state index < -0.39 is 11.0 Å². The fourth-order valence-corrected chi connectivity index (χ4v) is 4.80. The summed E-state index contributed by atoms with van der Waals surface area (Å²) in [5, 5.41) is 10.9. The maximum absolute atomic E-state index is 13.0. The van der Waals surface area contributed by atoms with Crippen LogP contribution in [0.4, 0.5) is 4.79 Å². The molecule has 0 aliphatic carbocycles. The number of piperazine rings is 1. The summed E-state index contributed by atoms with van der Waals surface area (Å²) in [5.41, 5.74) is -0.146. The van der Waals surface area contributed by atoms with Crippen molar-refractivity contribution in [1.29, 1.82) is 0 Å². The summed E-state index contributed by atoms with van der Waals surface area (Å²) in [6, 6.07) is 8.07. The fourth-order valence-electron chi connectivity index (χ4n) is 4.80. The standard InChI is InChI=1S/C31H40N2O9/c1-31(2,3)42-30(36)33-14-12-32(13-15-33)11-7-8-16-40-26-19-25-27(28(35)29(26)39-6)21(34)18-23(41-25)20-9-10-22(37-4)24(17-20)38-5/h9-10,17-19,35H,7-8,11-16H2,1-6H3. The van der Waals surface area contributed by atoms with Crippen molar-refractivity contribution in [2.45, 2.75) is 39.2 Å². The predicted octanol–water partition coefficient (Wildman–Crippen LogP) is 4.90. The molecule has 228 valence electrons. The molecule has 0 unspecified atom stereocenters. The van der Waals surface area contributed by atoms with Gasteiger partial charge < -0.3 is 38.1 Å². The molecule has 0 atom stereocenters. The number of nitrogens with zero attached hydrogens (tertiary/aromatic N) is 2. The molecular formula is C31H40N2O9. The number of aromatic hydroxyl groups is 1. The number of amides is 1. The summed E-state index contributed by atoms with van der Waals surface area (Å²) in [6.07, 6.45) is 1.37. The number of unbranched alkanes of at least 4 members (excludes halogenated alkanes) is 1. The largest absolute Gasteiger partial charge is 0.504 e. The van der Waals surface area contributed by atoms with Crippen LogP contribution in [0, 0.1) is 0 Å². The quantitative estimate of drug-likeness (QED) is 0.329. The van der Waals surface area contributed by atoms with Gasteiger partial charge in [0.2, 0.25) is 5.75 Å². The van der Waals surface area contributed by atoms with Crippen molar-refractivity contribution in [3.8, 4) is 40.1 Å². The molecule has 11 heteroatoms. The Morgan fingerprint density at radius 2 is 1.64 bits per heavy atom. The van der Waals surface area contributed by atoms with Crippen LogP contribution < -0.4 is 24.4 Å². The Morgan fingerprint density at radius 1 is 0.929 bits per heavy atom. The van der Waals surface area contributed by atoms with Crippen molar-refractivity contribution in [3.05, 3.63) is 40.6 Å². The van der Waals surface area contributed by atoms with E-state index in [9.17, 15) is 14.7 Å². The average Bonchev–Trinajstić information content (AvgIpc) is 2.95. The maximum Gasteiger partial charge on any atom is 0.410 e. The van der Waals surface area contributed by atoms with Gasteiger partial charge in [-0.15, -0.1) is 0 Å². The first-order chi connectivity index (χ1) is 20.0. The predicted molar refractivity (Wildman–Crippen MR) is 158 cm³/mol. The second kappa shape index (κ2) is 13.2. The number of phenols is 1. The molecule has 0 spiro atoms. The lowest BCUT2D eigenvalue weighted by Gasteiger charge is -2.35. The minimum absolute atomic E-state index is 0.00829. The zero-order valence-electron chi connectivity index (χ0n) is 25.2. The number of hydrogen-bond donors (Lipinski definition) is 1. The molecular weight excluding hydrogens is 544 g/mol. The number of hydrogen-bond acceptors (Lipinski definition) is 10. The second-order valence-corrected chi connectivity index (χ2v) is 11.0. The molecule has 1 N–H and O–H groups in total. The molecule has 0 saturated carbocycles. The maximum atomic E-state index is 13.0. The third-order valence-corrected chi connectivity index (χ3v) is 6.94. The molecule has 1 aliphatic rings. The Bertz CT molecular complexity index is 1450. The van der Waals surface area contributed by atoms with Gasteiger partial charge in [-0.05, 0) is 58.4 Å². The Morgan fingerprint density at radius 3 is 2.29 bits per heavy atom. The van der Waals surface area contributed by atoms with Crippen molar-refractivity contribution in [2.24, 2.45) is 0 Å². The second-order valence-electron chi connectivity index (χ2n) is 11.0. The average molecular weight is 585 g/mol. The normalized spacial score (nSPS) is 14.1. The highest BCUT2D eigenvalue weighted by Gasteiger charge is 2.26. The van der Waals surface area contributed by atoms with Crippen LogP contribution in [0.15, 0.2) is 39.5 Å². The lowest BCUT2D eigenvalue weighted by Crippen LogP contribution is -2.50. The Labute approximate surface area is 245 Å². The topological polar surface area (TPSA) is 120 Å². The smallest absolute Gasteiger partial charge is 0.410 e. The van der Waals surface area contributed by atoms with Crippen LogP contribution in [0.25, 0.3) is 22.3 Å². The van der Waals surface area contributed by atoms with Crippen LogP contribution in [0.2, 0.25) is 0 Å². The first kappa shape index (κ1) is 30.8. The number of carbonyl (C=O) groups excluding carboxylic acids is 1. The summed E-state index contributed by atoms with van der Waals surface area (Å²) in [6.45, 7) is 9.68. The van der Waals surface area contributed by atoms with Gasteiger partial charge in [-0.1, -0.05) is 0 Å². The van der Waals surface area contributed by atoms with Crippen molar-refractivity contribution in [1.82, 2.24) is 9.80 Å². The monoisotopic (exact) mass is 584 g/mol. The van der Waals surface area contributed by atoms with Crippen molar-refractivity contribution in [2.75, 3.05) is 60.7 Å². The molecule has 11 nitrogen and oxygen atoms in total.